The minimum Gasteiger partial charge on any atom is -0.481 e. The first-order valence-electron chi connectivity index (χ1n) is 7.81. The Balaban J connectivity index is 2.11. The first kappa shape index (κ1) is 17.0. The van der Waals surface area contributed by atoms with Crippen LogP contribution in [0.15, 0.2) is 24.3 Å². The lowest BCUT2D eigenvalue weighted by Gasteiger charge is -2.38. The van der Waals surface area contributed by atoms with Gasteiger partial charge >= 0.3 is 5.97 Å². The van der Waals surface area contributed by atoms with Crippen molar-refractivity contribution >= 4 is 23.4 Å². The summed E-state index contributed by atoms with van der Waals surface area (Å²) in [5.41, 5.74) is 0.138. The van der Waals surface area contributed by atoms with Gasteiger partial charge in [0.15, 0.2) is 5.78 Å². The van der Waals surface area contributed by atoms with E-state index in [4.69, 9.17) is 16.7 Å². The third kappa shape index (κ3) is 3.87. The molecule has 2 rings (SSSR count). The van der Waals surface area contributed by atoms with E-state index in [0.29, 0.717) is 24.4 Å². The van der Waals surface area contributed by atoms with E-state index in [0.717, 1.165) is 31.2 Å². The molecule has 0 saturated heterocycles. The molecule has 0 spiro atoms. The molecule has 0 radical (unpaired) electrons. The molecule has 4 nitrogen and oxygen atoms in total. The zero-order chi connectivity index (χ0) is 16.0. The minimum atomic E-state index is -0.783. The molecule has 120 valence electrons. The first-order chi connectivity index (χ1) is 10.6. The van der Waals surface area contributed by atoms with Gasteiger partial charge < -0.3 is 10.4 Å². The summed E-state index contributed by atoms with van der Waals surface area (Å²) in [5.74, 6) is -0.598. The van der Waals surface area contributed by atoms with E-state index in [1.54, 1.807) is 0 Å². The number of Topliss-reactive ketones (excluding diaryl/α,β-unsaturated/α-hetero) is 1. The van der Waals surface area contributed by atoms with E-state index in [2.05, 4.69) is 5.32 Å². The summed E-state index contributed by atoms with van der Waals surface area (Å²) in [5, 5.41) is 12.7. The van der Waals surface area contributed by atoms with Crippen LogP contribution in [0.25, 0.3) is 0 Å². The van der Waals surface area contributed by atoms with Gasteiger partial charge in [0.1, 0.15) is 5.54 Å². The van der Waals surface area contributed by atoms with Crippen LogP contribution in [0.3, 0.4) is 0 Å². The van der Waals surface area contributed by atoms with E-state index < -0.39 is 11.5 Å². The Morgan fingerprint density at radius 1 is 1.27 bits per heavy atom. The van der Waals surface area contributed by atoms with Crippen LogP contribution in [-0.4, -0.2) is 23.4 Å². The fourth-order valence-corrected chi connectivity index (χ4v) is 3.40. The zero-order valence-electron chi connectivity index (χ0n) is 12.6. The molecule has 0 bridgehead atoms. The maximum atomic E-state index is 12.6. The SMILES string of the molecule is O=C(O)CCCCNC1(c2ccccc2Cl)CCCCC1=O. The lowest BCUT2D eigenvalue weighted by molar-refractivity contribution is -0.137. The van der Waals surface area contributed by atoms with Gasteiger partial charge in [-0.2, -0.15) is 0 Å². The Labute approximate surface area is 135 Å². The lowest BCUT2D eigenvalue weighted by atomic mass is 9.75. The van der Waals surface area contributed by atoms with Crippen LogP contribution in [0.1, 0.15) is 50.5 Å². The topological polar surface area (TPSA) is 66.4 Å². The van der Waals surface area contributed by atoms with Crippen LogP contribution in [0.4, 0.5) is 0 Å². The molecular formula is C17H22ClNO3. The van der Waals surface area contributed by atoms with E-state index in [-0.39, 0.29) is 12.2 Å². The molecular weight excluding hydrogens is 302 g/mol. The number of benzene rings is 1. The Hall–Kier alpha value is -1.39. The molecule has 0 aromatic heterocycles. The predicted molar refractivity (Wildman–Crippen MR) is 86.1 cm³/mol. The lowest BCUT2D eigenvalue weighted by Crippen LogP contribution is -2.51. The van der Waals surface area contributed by atoms with Gasteiger partial charge in [-0.15, -0.1) is 0 Å². The van der Waals surface area contributed by atoms with Crippen molar-refractivity contribution < 1.29 is 14.7 Å². The van der Waals surface area contributed by atoms with Crippen molar-refractivity contribution in [3.05, 3.63) is 34.9 Å². The average molecular weight is 324 g/mol. The third-order valence-corrected chi connectivity index (χ3v) is 4.59. The van der Waals surface area contributed by atoms with E-state index in [1.165, 1.54) is 0 Å². The number of carboxylic acids is 1. The summed E-state index contributed by atoms with van der Waals surface area (Å²) >= 11 is 6.32. The van der Waals surface area contributed by atoms with E-state index in [1.807, 2.05) is 24.3 Å². The molecule has 22 heavy (non-hydrogen) atoms. The number of carboxylic acid groups (broad SMARTS) is 1. The van der Waals surface area contributed by atoms with Crippen molar-refractivity contribution in [2.45, 2.75) is 50.5 Å². The van der Waals surface area contributed by atoms with Gasteiger partial charge in [0, 0.05) is 17.9 Å². The number of unbranched alkanes of at least 4 members (excludes halogenated alkanes) is 1. The highest BCUT2D eigenvalue weighted by molar-refractivity contribution is 6.31. The fourth-order valence-electron chi connectivity index (χ4n) is 3.11. The van der Waals surface area contributed by atoms with Gasteiger partial charge in [0.25, 0.3) is 0 Å². The molecule has 1 saturated carbocycles. The number of hydrogen-bond acceptors (Lipinski definition) is 3. The van der Waals surface area contributed by atoms with Crippen LogP contribution in [0.5, 0.6) is 0 Å². The van der Waals surface area contributed by atoms with Crippen molar-refractivity contribution in [1.82, 2.24) is 5.32 Å². The van der Waals surface area contributed by atoms with Gasteiger partial charge in [-0.3, -0.25) is 9.59 Å². The Bertz CT molecular complexity index is 546. The van der Waals surface area contributed by atoms with Crippen molar-refractivity contribution in [1.29, 1.82) is 0 Å². The standard InChI is InChI=1S/C17H22ClNO3/c18-14-8-2-1-7-13(14)17(11-5-3-9-15(17)20)19-12-6-4-10-16(21)22/h1-2,7-8,19H,3-6,9-12H2,(H,21,22). The number of carbonyl (C=O) groups excluding carboxylic acids is 1. The molecule has 1 atom stereocenters. The second-order valence-corrected chi connectivity index (χ2v) is 6.20. The molecule has 2 N–H and O–H groups in total. The van der Waals surface area contributed by atoms with E-state index >= 15 is 0 Å². The monoisotopic (exact) mass is 323 g/mol. The summed E-state index contributed by atoms with van der Waals surface area (Å²) in [7, 11) is 0. The average Bonchev–Trinajstić information content (AvgIpc) is 2.49. The van der Waals surface area contributed by atoms with Crippen molar-refractivity contribution in [3.63, 3.8) is 0 Å². The number of hydrogen-bond donors (Lipinski definition) is 2. The molecule has 0 aliphatic heterocycles. The van der Waals surface area contributed by atoms with Crippen LogP contribution in [-0.2, 0) is 15.1 Å². The third-order valence-electron chi connectivity index (χ3n) is 4.26. The van der Waals surface area contributed by atoms with Crippen LogP contribution in [0.2, 0.25) is 5.02 Å². The van der Waals surface area contributed by atoms with Crippen LogP contribution in [0, 0.1) is 0 Å². The quantitative estimate of drug-likeness (QED) is 0.753. The van der Waals surface area contributed by atoms with Crippen molar-refractivity contribution in [3.8, 4) is 0 Å². The molecule has 0 heterocycles. The molecule has 1 fully saturated rings. The molecule has 1 aliphatic rings. The second kappa shape index (κ2) is 7.75. The number of aliphatic carboxylic acids is 1. The maximum absolute atomic E-state index is 12.6. The Kier molecular flexibility index (Phi) is 5.98. The number of halogens is 1. The number of rotatable bonds is 7. The number of nitrogens with one attached hydrogen (secondary N) is 1. The Morgan fingerprint density at radius 3 is 2.73 bits per heavy atom. The largest absolute Gasteiger partial charge is 0.481 e. The smallest absolute Gasteiger partial charge is 0.303 e. The van der Waals surface area contributed by atoms with E-state index in [9.17, 15) is 9.59 Å². The van der Waals surface area contributed by atoms with Gasteiger partial charge in [0.2, 0.25) is 0 Å². The van der Waals surface area contributed by atoms with Gasteiger partial charge in [-0.25, -0.2) is 0 Å². The highest BCUT2D eigenvalue weighted by Gasteiger charge is 2.41. The van der Waals surface area contributed by atoms with Gasteiger partial charge in [0.05, 0.1) is 0 Å². The zero-order valence-corrected chi connectivity index (χ0v) is 13.4. The summed E-state index contributed by atoms with van der Waals surface area (Å²) in [4.78, 5) is 23.2. The second-order valence-electron chi connectivity index (χ2n) is 5.79. The van der Waals surface area contributed by atoms with Crippen molar-refractivity contribution in [2.24, 2.45) is 0 Å². The van der Waals surface area contributed by atoms with Crippen LogP contribution >= 0.6 is 11.6 Å². The first-order valence-corrected chi connectivity index (χ1v) is 8.19. The van der Waals surface area contributed by atoms with Gasteiger partial charge in [-0.1, -0.05) is 36.2 Å². The maximum Gasteiger partial charge on any atom is 0.303 e. The molecule has 0 amide bonds. The summed E-state index contributed by atoms with van der Waals surface area (Å²) < 4.78 is 0. The van der Waals surface area contributed by atoms with Gasteiger partial charge in [-0.05, 0) is 43.9 Å². The molecule has 1 aliphatic carbocycles. The molecule has 1 aromatic carbocycles. The molecule has 1 unspecified atom stereocenters. The predicted octanol–water partition coefficient (Wildman–Crippen LogP) is 3.52. The minimum absolute atomic E-state index is 0.161. The van der Waals surface area contributed by atoms with Crippen LogP contribution < -0.4 is 5.32 Å². The Morgan fingerprint density at radius 2 is 2.05 bits per heavy atom. The highest BCUT2D eigenvalue weighted by Crippen LogP contribution is 2.37. The highest BCUT2D eigenvalue weighted by atomic mass is 35.5. The number of ketones is 1. The van der Waals surface area contributed by atoms with Crippen molar-refractivity contribution in [2.75, 3.05) is 6.54 Å². The normalized spacial score (nSPS) is 21.8. The molecule has 5 heteroatoms. The number of carbonyl (C=O) groups is 2. The summed E-state index contributed by atoms with van der Waals surface area (Å²) in [6.45, 7) is 0.615. The molecule has 1 aromatic rings. The summed E-state index contributed by atoms with van der Waals surface area (Å²) in [6.07, 6.45) is 4.71. The summed E-state index contributed by atoms with van der Waals surface area (Å²) in [6, 6.07) is 7.49. The fraction of sp³-hybridized carbons (Fsp3) is 0.529.